The second-order valence-corrected chi connectivity index (χ2v) is 7.17. The van der Waals surface area contributed by atoms with Gasteiger partial charge in [-0.15, -0.1) is 0 Å². The van der Waals surface area contributed by atoms with Crippen LogP contribution >= 0.6 is 0 Å². The molecule has 0 bridgehead atoms. The molecule has 0 atom stereocenters. The number of aromatic carboxylic acids is 2. The Hall–Kier alpha value is -1.70. The van der Waals surface area contributed by atoms with Crippen molar-refractivity contribution in [3.63, 3.8) is 0 Å². The van der Waals surface area contributed by atoms with Crippen molar-refractivity contribution in [3.05, 3.63) is 70.8 Å². The van der Waals surface area contributed by atoms with Crippen LogP contribution in [0.15, 0.2) is 48.5 Å². The van der Waals surface area contributed by atoms with Gasteiger partial charge in [0.2, 0.25) is 0 Å². The summed E-state index contributed by atoms with van der Waals surface area (Å²) in [4.78, 5) is 21.1. The van der Waals surface area contributed by atoms with Crippen molar-refractivity contribution in [3.8, 4) is 0 Å². The van der Waals surface area contributed by atoms with Crippen LogP contribution in [0.25, 0.3) is 0 Å². The average Bonchev–Trinajstić information content (AvgIpc) is 2.54. The van der Waals surface area contributed by atoms with Crippen molar-refractivity contribution in [2.24, 2.45) is 11.8 Å². The van der Waals surface area contributed by atoms with E-state index in [1.165, 1.54) is 0 Å². The number of hydrogen-bond donors (Lipinski definition) is 0. The maximum Gasteiger partial charge on any atom is 2.00 e. The Morgan fingerprint density at radius 2 is 1.07 bits per heavy atom. The molecule has 0 aliphatic rings. The number of carbonyl (C=O) groups is 2. The first-order chi connectivity index (χ1) is 12.2. The largest absolute Gasteiger partial charge is 2.00 e. The van der Waals surface area contributed by atoms with E-state index >= 15 is 0 Å². The third-order valence-electron chi connectivity index (χ3n) is 3.61. The zero-order valence-electron chi connectivity index (χ0n) is 16.3. The van der Waals surface area contributed by atoms with Gasteiger partial charge >= 0.3 is 27.3 Å². The minimum atomic E-state index is -1.11. The molecule has 0 amide bonds. The first kappa shape index (κ1) is 25.3. The van der Waals surface area contributed by atoms with Gasteiger partial charge in [0, 0.05) is 0 Å². The molecule has 5 heteroatoms. The molecule has 2 rings (SSSR count). The van der Waals surface area contributed by atoms with Gasteiger partial charge in [0.05, 0.1) is 11.9 Å². The van der Waals surface area contributed by atoms with E-state index in [4.69, 9.17) is 0 Å². The molecule has 0 aliphatic heterocycles. The average molecular weight is 562 g/mol. The van der Waals surface area contributed by atoms with Crippen molar-refractivity contribution >= 4 is 39.2 Å². The molecular weight excluding hydrogens is 535 g/mol. The fourth-order valence-electron chi connectivity index (χ4n) is 2.59. The molecule has 0 aromatic heterocycles. The van der Waals surface area contributed by atoms with Crippen LogP contribution in [0.3, 0.4) is 0 Å². The Labute approximate surface area is 181 Å². The van der Waals surface area contributed by atoms with E-state index in [1.807, 2.05) is 12.1 Å². The van der Waals surface area contributed by atoms with Gasteiger partial charge < -0.3 is 19.8 Å². The Balaban J connectivity index is 0.000000483. The fourth-order valence-corrected chi connectivity index (χ4v) is 2.59. The number of carboxylic acids is 2. The molecule has 0 unspecified atom stereocenters. The number of benzene rings is 2. The van der Waals surface area contributed by atoms with Crippen molar-refractivity contribution in [2.45, 2.75) is 40.5 Å². The first-order valence-corrected chi connectivity index (χ1v) is 8.79. The second-order valence-electron chi connectivity index (χ2n) is 7.17. The maximum absolute atomic E-state index is 10.5. The summed E-state index contributed by atoms with van der Waals surface area (Å²) >= 11 is 0. The van der Waals surface area contributed by atoms with Gasteiger partial charge in [0.1, 0.15) is 0 Å². The van der Waals surface area contributed by atoms with Gasteiger partial charge in [-0.1, -0.05) is 64.1 Å². The van der Waals surface area contributed by atoms with Gasteiger partial charge in [-0.05, 0) is 59.1 Å². The van der Waals surface area contributed by atoms with Crippen molar-refractivity contribution in [1.29, 1.82) is 0 Å². The van der Waals surface area contributed by atoms with Crippen LogP contribution in [0.1, 0.15) is 59.5 Å². The van der Waals surface area contributed by atoms with Crippen LogP contribution < -0.4 is 10.2 Å². The molecule has 2 aromatic carbocycles. The van der Waals surface area contributed by atoms with E-state index < -0.39 is 11.9 Å². The van der Waals surface area contributed by atoms with Gasteiger partial charge in [0.25, 0.3) is 0 Å². The molecule has 0 heterocycles. The van der Waals surface area contributed by atoms with Crippen LogP contribution in [0, 0.1) is 11.8 Å². The van der Waals surface area contributed by atoms with Gasteiger partial charge in [-0.25, -0.2) is 0 Å². The zero-order chi connectivity index (χ0) is 19.7. The molecule has 27 heavy (non-hydrogen) atoms. The number of rotatable bonds is 6. The molecule has 0 saturated carbocycles. The molecule has 0 N–H and O–H groups in total. The van der Waals surface area contributed by atoms with E-state index in [0.29, 0.717) is 11.8 Å². The van der Waals surface area contributed by atoms with E-state index in [1.54, 1.807) is 36.4 Å². The standard InChI is InChI=1S/2C11H14O2.Pb/c2*1-8(2)6-9-4-3-5-10(7-9)11(12)13;/h2*3-5,7-8H,6H2,1-2H3,(H,12,13);/q;;+2/p-2. The van der Waals surface area contributed by atoms with Crippen LogP contribution in [-0.2, 0) is 12.8 Å². The molecule has 142 valence electrons. The third kappa shape index (κ3) is 10.3. The summed E-state index contributed by atoms with van der Waals surface area (Å²) in [6, 6.07) is 13.8. The van der Waals surface area contributed by atoms with Crippen LogP contribution in [-0.4, -0.2) is 39.2 Å². The van der Waals surface area contributed by atoms with E-state index in [2.05, 4.69) is 27.7 Å². The van der Waals surface area contributed by atoms with E-state index in [9.17, 15) is 19.8 Å². The predicted molar refractivity (Wildman–Crippen MR) is 104 cm³/mol. The molecule has 0 aliphatic carbocycles. The van der Waals surface area contributed by atoms with Crippen LogP contribution in [0.4, 0.5) is 0 Å². The smallest absolute Gasteiger partial charge is 0.545 e. The molecule has 0 fully saturated rings. The number of carboxylic acid groups (broad SMARTS) is 2. The van der Waals surface area contributed by atoms with E-state index in [0.717, 1.165) is 24.0 Å². The van der Waals surface area contributed by atoms with E-state index in [-0.39, 0.29) is 38.4 Å². The minimum Gasteiger partial charge on any atom is -0.545 e. The quantitative estimate of drug-likeness (QED) is 0.507. The number of hydrogen-bond acceptors (Lipinski definition) is 4. The molecular formula is C22H26O4Pb. The SMILES string of the molecule is CC(C)Cc1cccc(C(=O)[O-])c1.CC(C)Cc1cccc(C(=O)[O-])c1.[Pb+2]. The molecule has 2 radical (unpaired) electrons. The monoisotopic (exact) mass is 562 g/mol. The third-order valence-corrected chi connectivity index (χ3v) is 3.61. The molecule has 0 saturated heterocycles. The van der Waals surface area contributed by atoms with Gasteiger partial charge in [0.15, 0.2) is 0 Å². The van der Waals surface area contributed by atoms with Gasteiger partial charge in [-0.3, -0.25) is 0 Å². The van der Waals surface area contributed by atoms with Gasteiger partial charge in [-0.2, -0.15) is 0 Å². The second kappa shape index (κ2) is 12.6. The summed E-state index contributed by atoms with van der Waals surface area (Å²) in [5, 5.41) is 21.1. The van der Waals surface area contributed by atoms with Crippen molar-refractivity contribution < 1.29 is 19.8 Å². The Morgan fingerprint density at radius 3 is 1.33 bits per heavy atom. The Kier molecular flexibility index (Phi) is 11.9. The Morgan fingerprint density at radius 1 is 0.741 bits per heavy atom. The minimum absolute atomic E-state index is 0. The first-order valence-electron chi connectivity index (χ1n) is 8.79. The van der Waals surface area contributed by atoms with Crippen LogP contribution in [0.2, 0.25) is 0 Å². The summed E-state index contributed by atoms with van der Waals surface area (Å²) in [5.74, 6) is -1.13. The summed E-state index contributed by atoms with van der Waals surface area (Å²) < 4.78 is 0. The van der Waals surface area contributed by atoms with Crippen LogP contribution in [0.5, 0.6) is 0 Å². The summed E-state index contributed by atoms with van der Waals surface area (Å²) in [7, 11) is 0. The topological polar surface area (TPSA) is 80.3 Å². The maximum atomic E-state index is 10.5. The number of carbonyl (C=O) groups excluding carboxylic acids is 2. The summed E-state index contributed by atoms with van der Waals surface area (Å²) in [5.41, 5.74) is 2.63. The van der Waals surface area contributed by atoms with Crippen molar-refractivity contribution in [2.75, 3.05) is 0 Å². The summed E-state index contributed by atoms with van der Waals surface area (Å²) in [6.45, 7) is 8.41. The summed E-state index contributed by atoms with van der Waals surface area (Å²) in [6.07, 6.45) is 1.81. The molecule has 2 aromatic rings. The predicted octanol–water partition coefficient (Wildman–Crippen LogP) is 2.12. The zero-order valence-corrected chi connectivity index (χ0v) is 20.2. The molecule has 4 nitrogen and oxygen atoms in total. The fraction of sp³-hybridized carbons (Fsp3) is 0.364. The normalized spacial score (nSPS) is 10.0. The Bertz CT molecular complexity index is 675. The molecule has 0 spiro atoms. The van der Waals surface area contributed by atoms with Crippen molar-refractivity contribution in [1.82, 2.24) is 0 Å².